The predicted octanol–water partition coefficient (Wildman–Crippen LogP) is 4.31. The number of hydrogen-bond donors (Lipinski definition) is 2. The Balaban J connectivity index is 1.65. The molecule has 0 aromatic rings. The molecule has 2 N–H and O–H groups in total. The average molecular weight is 319 g/mol. The van der Waals surface area contributed by atoms with Gasteiger partial charge in [0.05, 0.1) is 12.2 Å². The van der Waals surface area contributed by atoms with Gasteiger partial charge in [-0.3, -0.25) is 0 Å². The molecule has 4 aliphatic rings. The van der Waals surface area contributed by atoms with Crippen LogP contribution in [0.2, 0.25) is 0 Å². The lowest BCUT2D eigenvalue weighted by molar-refractivity contribution is -0.0675. The molecule has 0 heterocycles. The third-order valence-corrected chi connectivity index (χ3v) is 8.73. The average Bonchev–Trinajstić information content (AvgIpc) is 2.85. The van der Waals surface area contributed by atoms with Crippen LogP contribution < -0.4 is 0 Å². The highest BCUT2D eigenvalue weighted by Crippen LogP contribution is 2.66. The van der Waals surface area contributed by atoms with Gasteiger partial charge in [0.2, 0.25) is 0 Å². The normalized spacial score (nSPS) is 53.8. The first-order valence-electron chi connectivity index (χ1n) is 9.92. The van der Waals surface area contributed by atoms with Gasteiger partial charge in [0, 0.05) is 0 Å². The molecule has 3 fully saturated rings. The van der Waals surface area contributed by atoms with Crippen LogP contribution in [0.4, 0.5) is 0 Å². The van der Waals surface area contributed by atoms with Gasteiger partial charge in [-0.1, -0.05) is 25.5 Å². The van der Waals surface area contributed by atoms with Gasteiger partial charge in [0.25, 0.3) is 0 Å². The number of aliphatic hydroxyl groups is 2. The van der Waals surface area contributed by atoms with Crippen molar-refractivity contribution in [3.63, 3.8) is 0 Å². The molecule has 0 aromatic heterocycles. The minimum atomic E-state index is -0.156. The molecule has 2 nitrogen and oxygen atoms in total. The fraction of sp³-hybridized carbons (Fsp3) is 0.905. The number of hydrogen-bond acceptors (Lipinski definition) is 2. The molecule has 0 spiro atoms. The minimum Gasteiger partial charge on any atom is -0.393 e. The van der Waals surface area contributed by atoms with Crippen molar-refractivity contribution in [3.05, 3.63) is 11.6 Å². The summed E-state index contributed by atoms with van der Waals surface area (Å²) in [7, 11) is 0. The summed E-state index contributed by atoms with van der Waals surface area (Å²) in [6, 6.07) is 0. The summed E-state index contributed by atoms with van der Waals surface area (Å²) >= 11 is 0. The van der Waals surface area contributed by atoms with Gasteiger partial charge >= 0.3 is 0 Å². The Morgan fingerprint density at radius 2 is 1.87 bits per heavy atom. The molecule has 0 amide bonds. The van der Waals surface area contributed by atoms with Crippen molar-refractivity contribution in [3.8, 4) is 0 Å². The van der Waals surface area contributed by atoms with Crippen molar-refractivity contribution in [2.45, 2.75) is 84.3 Å². The molecular weight excluding hydrogens is 284 g/mol. The summed E-state index contributed by atoms with van der Waals surface area (Å²) in [5.41, 5.74) is 2.25. The molecular formula is C21H34O2. The second kappa shape index (κ2) is 5.33. The van der Waals surface area contributed by atoms with Crippen LogP contribution in [0.25, 0.3) is 0 Å². The highest BCUT2D eigenvalue weighted by molar-refractivity contribution is 5.25. The first-order valence-corrected chi connectivity index (χ1v) is 9.92. The summed E-state index contributed by atoms with van der Waals surface area (Å²) < 4.78 is 0. The maximum Gasteiger partial charge on any atom is 0.0577 e. The fourth-order valence-corrected chi connectivity index (χ4v) is 7.47. The molecule has 3 unspecified atom stereocenters. The smallest absolute Gasteiger partial charge is 0.0577 e. The molecule has 0 aliphatic heterocycles. The second-order valence-electron chi connectivity index (χ2n) is 9.62. The van der Waals surface area contributed by atoms with Crippen molar-refractivity contribution in [2.24, 2.45) is 34.5 Å². The molecule has 4 rings (SSSR count). The largest absolute Gasteiger partial charge is 0.393 e. The molecule has 3 saturated carbocycles. The van der Waals surface area contributed by atoms with Gasteiger partial charge in [-0.05, 0) is 92.8 Å². The zero-order valence-electron chi connectivity index (χ0n) is 15.1. The Bertz CT molecular complexity index is 510. The monoisotopic (exact) mass is 318 g/mol. The Kier molecular flexibility index (Phi) is 3.74. The quantitative estimate of drug-likeness (QED) is 0.707. The topological polar surface area (TPSA) is 40.5 Å². The standard InChI is InChI=1S/C21H34O2/c1-13(22)17-6-7-18-16-5-4-14-12-15(23)8-10-20(14,2)19(16)9-11-21(17,18)3/h4,13,15-19,22-23H,5-12H2,1-3H3/t13-,15-,16?,17+,18?,19?,20-,21+/m0/s1. The van der Waals surface area contributed by atoms with E-state index in [1.165, 1.54) is 38.5 Å². The highest BCUT2D eigenvalue weighted by atomic mass is 16.3. The van der Waals surface area contributed by atoms with Crippen LogP contribution in [0.3, 0.4) is 0 Å². The first-order chi connectivity index (χ1) is 10.9. The predicted molar refractivity (Wildman–Crippen MR) is 92.9 cm³/mol. The van der Waals surface area contributed by atoms with E-state index >= 15 is 0 Å². The van der Waals surface area contributed by atoms with Gasteiger partial charge in [-0.2, -0.15) is 0 Å². The second-order valence-corrected chi connectivity index (χ2v) is 9.62. The molecule has 0 bridgehead atoms. The molecule has 2 heteroatoms. The van der Waals surface area contributed by atoms with Crippen LogP contribution in [-0.2, 0) is 0 Å². The van der Waals surface area contributed by atoms with E-state index < -0.39 is 0 Å². The number of allylic oxidation sites excluding steroid dienone is 1. The van der Waals surface area contributed by atoms with Crippen LogP contribution in [0.15, 0.2) is 11.6 Å². The third-order valence-electron chi connectivity index (χ3n) is 8.73. The van der Waals surface area contributed by atoms with E-state index in [9.17, 15) is 10.2 Å². The minimum absolute atomic E-state index is 0.106. The van der Waals surface area contributed by atoms with Gasteiger partial charge in [0.15, 0.2) is 0 Å². The maximum atomic E-state index is 10.3. The van der Waals surface area contributed by atoms with Crippen molar-refractivity contribution in [1.29, 1.82) is 0 Å². The summed E-state index contributed by atoms with van der Waals surface area (Å²) in [5, 5.41) is 20.4. The van der Waals surface area contributed by atoms with E-state index in [1.807, 2.05) is 6.92 Å². The summed E-state index contributed by atoms with van der Waals surface area (Å²) in [6.07, 6.45) is 11.7. The summed E-state index contributed by atoms with van der Waals surface area (Å²) in [6.45, 7) is 6.98. The van der Waals surface area contributed by atoms with E-state index in [2.05, 4.69) is 19.9 Å². The molecule has 0 aromatic carbocycles. The SMILES string of the molecule is C[C@H](O)[C@H]1CCC2C3CC=C4C[C@@H](O)CC[C@]4(C)C3CC[C@@]21C. The number of rotatable bonds is 1. The van der Waals surface area contributed by atoms with Gasteiger partial charge in [0.1, 0.15) is 0 Å². The van der Waals surface area contributed by atoms with Crippen molar-refractivity contribution >= 4 is 0 Å². The molecule has 0 radical (unpaired) electrons. The van der Waals surface area contributed by atoms with Crippen LogP contribution >= 0.6 is 0 Å². The van der Waals surface area contributed by atoms with Crippen LogP contribution in [0.5, 0.6) is 0 Å². The molecule has 0 saturated heterocycles. The Morgan fingerprint density at radius 1 is 1.09 bits per heavy atom. The Morgan fingerprint density at radius 3 is 2.61 bits per heavy atom. The van der Waals surface area contributed by atoms with Crippen molar-refractivity contribution in [2.75, 3.05) is 0 Å². The third kappa shape index (κ3) is 2.20. The Hall–Kier alpha value is -0.340. The lowest BCUT2D eigenvalue weighted by Crippen LogP contribution is -2.51. The van der Waals surface area contributed by atoms with Crippen molar-refractivity contribution < 1.29 is 10.2 Å². The zero-order chi connectivity index (χ0) is 16.4. The van der Waals surface area contributed by atoms with E-state index in [0.717, 1.165) is 30.6 Å². The van der Waals surface area contributed by atoms with E-state index in [-0.39, 0.29) is 12.2 Å². The van der Waals surface area contributed by atoms with E-state index in [4.69, 9.17) is 0 Å². The molecule has 4 aliphatic carbocycles. The maximum absolute atomic E-state index is 10.3. The molecule has 130 valence electrons. The van der Waals surface area contributed by atoms with Gasteiger partial charge < -0.3 is 10.2 Å². The fourth-order valence-electron chi connectivity index (χ4n) is 7.47. The summed E-state index contributed by atoms with van der Waals surface area (Å²) in [4.78, 5) is 0. The van der Waals surface area contributed by atoms with Gasteiger partial charge in [-0.15, -0.1) is 0 Å². The van der Waals surface area contributed by atoms with E-state index in [1.54, 1.807) is 5.57 Å². The number of aliphatic hydroxyl groups excluding tert-OH is 2. The highest BCUT2D eigenvalue weighted by Gasteiger charge is 2.59. The van der Waals surface area contributed by atoms with Crippen LogP contribution in [0.1, 0.15) is 72.1 Å². The van der Waals surface area contributed by atoms with Crippen LogP contribution in [-0.4, -0.2) is 22.4 Å². The summed E-state index contributed by atoms with van der Waals surface area (Å²) in [5.74, 6) is 2.91. The zero-order valence-corrected chi connectivity index (χ0v) is 15.1. The lowest BCUT2D eigenvalue weighted by Gasteiger charge is -2.58. The van der Waals surface area contributed by atoms with E-state index in [0.29, 0.717) is 16.7 Å². The van der Waals surface area contributed by atoms with Gasteiger partial charge in [-0.25, -0.2) is 0 Å². The van der Waals surface area contributed by atoms with Crippen LogP contribution in [0, 0.1) is 34.5 Å². The number of fused-ring (bicyclic) bond motifs is 5. The Labute approximate surface area is 141 Å². The van der Waals surface area contributed by atoms with Crippen molar-refractivity contribution in [1.82, 2.24) is 0 Å². The first kappa shape index (κ1) is 16.1. The molecule has 8 atom stereocenters. The molecule has 23 heavy (non-hydrogen) atoms. The lowest BCUT2D eigenvalue weighted by atomic mass is 9.47.